The third-order valence-electron chi connectivity index (χ3n) is 2.86. The summed E-state index contributed by atoms with van der Waals surface area (Å²) in [7, 11) is 0. The molecule has 0 aromatic rings. The molecule has 0 unspecified atom stereocenters. The normalized spacial score (nSPS) is 26.5. The Hall–Kier alpha value is -0.770. The van der Waals surface area contributed by atoms with Gasteiger partial charge in [0.15, 0.2) is 0 Å². The molecule has 1 aliphatic carbocycles. The Labute approximate surface area is 77.5 Å². The summed E-state index contributed by atoms with van der Waals surface area (Å²) in [5, 5.41) is 10.0. The number of nitrogens with zero attached hydrogens (tertiary/aromatic N) is 1. The van der Waals surface area contributed by atoms with Gasteiger partial charge in [0.25, 0.3) is 0 Å². The van der Waals surface area contributed by atoms with Gasteiger partial charge in [-0.3, -0.25) is 0 Å². The molecule has 0 radical (unpaired) electrons. The van der Waals surface area contributed by atoms with Crippen molar-refractivity contribution >= 4 is 6.09 Å². The minimum atomic E-state index is -0.636. The van der Waals surface area contributed by atoms with Crippen molar-refractivity contribution in [2.75, 3.05) is 19.7 Å². The van der Waals surface area contributed by atoms with Gasteiger partial charge in [0.05, 0.1) is 18.7 Å². The summed E-state index contributed by atoms with van der Waals surface area (Å²) in [6.45, 7) is 1.54. The minimum absolute atomic E-state index is 0.277. The van der Waals surface area contributed by atoms with Gasteiger partial charge in [-0.2, -0.15) is 0 Å². The summed E-state index contributed by atoms with van der Waals surface area (Å²) >= 11 is 0. The molecule has 1 saturated heterocycles. The van der Waals surface area contributed by atoms with Crippen molar-refractivity contribution in [2.45, 2.75) is 31.3 Å². The smallest absolute Gasteiger partial charge is 0.410 e. The van der Waals surface area contributed by atoms with Crippen LogP contribution in [-0.2, 0) is 4.74 Å². The molecule has 74 valence electrons. The summed E-state index contributed by atoms with van der Waals surface area (Å²) in [5.74, 6) is 0. The zero-order valence-corrected chi connectivity index (χ0v) is 7.66. The molecule has 4 heteroatoms. The molecule has 1 aliphatic heterocycles. The van der Waals surface area contributed by atoms with Gasteiger partial charge in [-0.25, -0.2) is 4.79 Å². The summed E-state index contributed by atoms with van der Waals surface area (Å²) < 4.78 is 4.80. The molecule has 1 amide bonds. The van der Waals surface area contributed by atoms with E-state index in [-0.39, 0.29) is 6.09 Å². The third-order valence-corrected chi connectivity index (χ3v) is 2.86. The maximum atomic E-state index is 11.1. The topological polar surface area (TPSA) is 49.8 Å². The van der Waals surface area contributed by atoms with Gasteiger partial charge < -0.3 is 14.7 Å². The second kappa shape index (κ2) is 3.18. The lowest BCUT2D eigenvalue weighted by molar-refractivity contribution is 0.0218. The van der Waals surface area contributed by atoms with Crippen LogP contribution >= 0.6 is 0 Å². The van der Waals surface area contributed by atoms with E-state index in [0.717, 1.165) is 25.7 Å². The van der Waals surface area contributed by atoms with E-state index < -0.39 is 5.60 Å². The van der Waals surface area contributed by atoms with Gasteiger partial charge in [-0.05, 0) is 12.8 Å². The number of ether oxygens (including phenoxy) is 1. The average Bonchev–Trinajstić information content (AvgIpc) is 2.64. The maximum Gasteiger partial charge on any atom is 0.410 e. The van der Waals surface area contributed by atoms with Crippen molar-refractivity contribution in [2.24, 2.45) is 0 Å². The Morgan fingerprint density at radius 2 is 2.15 bits per heavy atom. The van der Waals surface area contributed by atoms with Crippen LogP contribution in [0.1, 0.15) is 25.7 Å². The molecule has 0 aromatic carbocycles. The molecule has 4 nitrogen and oxygen atoms in total. The van der Waals surface area contributed by atoms with Crippen LogP contribution in [0, 0.1) is 0 Å². The van der Waals surface area contributed by atoms with Crippen LogP contribution in [-0.4, -0.2) is 41.4 Å². The number of hydrogen-bond acceptors (Lipinski definition) is 3. The molecule has 0 atom stereocenters. The van der Waals surface area contributed by atoms with Gasteiger partial charge in [0.2, 0.25) is 0 Å². The van der Waals surface area contributed by atoms with Crippen molar-refractivity contribution in [3.05, 3.63) is 0 Å². The van der Waals surface area contributed by atoms with Gasteiger partial charge in [0.1, 0.15) is 6.61 Å². The molecule has 2 aliphatic rings. The van der Waals surface area contributed by atoms with E-state index >= 15 is 0 Å². The Morgan fingerprint density at radius 1 is 1.46 bits per heavy atom. The van der Waals surface area contributed by atoms with Crippen molar-refractivity contribution in [3.8, 4) is 0 Å². The Kier molecular flexibility index (Phi) is 2.15. The molecule has 0 aromatic heterocycles. The molecule has 0 bridgehead atoms. The van der Waals surface area contributed by atoms with Gasteiger partial charge in [-0.15, -0.1) is 0 Å². The molecule has 13 heavy (non-hydrogen) atoms. The average molecular weight is 185 g/mol. The first-order valence-electron chi connectivity index (χ1n) is 4.84. The zero-order chi connectivity index (χ0) is 9.31. The SMILES string of the molecule is O=C1OCCN1CC1(O)CCCC1. The van der Waals surface area contributed by atoms with Crippen LogP contribution in [0.3, 0.4) is 0 Å². The van der Waals surface area contributed by atoms with Crippen LogP contribution in [0.15, 0.2) is 0 Å². The summed E-state index contributed by atoms with van der Waals surface area (Å²) in [6.07, 6.45) is 3.49. The lowest BCUT2D eigenvalue weighted by Gasteiger charge is -2.26. The molecule has 2 rings (SSSR count). The molecular formula is C9H15NO3. The van der Waals surface area contributed by atoms with Crippen LogP contribution in [0.25, 0.3) is 0 Å². The second-order valence-corrected chi connectivity index (χ2v) is 3.97. The number of carbonyl (C=O) groups excluding carboxylic acids is 1. The fourth-order valence-electron chi connectivity index (χ4n) is 2.12. The van der Waals surface area contributed by atoms with Gasteiger partial charge >= 0.3 is 6.09 Å². The van der Waals surface area contributed by atoms with Crippen molar-refractivity contribution < 1.29 is 14.6 Å². The van der Waals surface area contributed by atoms with Crippen LogP contribution in [0.5, 0.6) is 0 Å². The highest BCUT2D eigenvalue weighted by Gasteiger charge is 2.36. The van der Waals surface area contributed by atoms with Crippen LogP contribution < -0.4 is 0 Å². The number of β-amino-alcohol motifs (C(OH)–C–C–N with tert-alkyl or cyclic N) is 1. The highest BCUT2D eigenvalue weighted by molar-refractivity contribution is 5.69. The van der Waals surface area contributed by atoms with Gasteiger partial charge in [-0.1, -0.05) is 12.8 Å². The minimum Gasteiger partial charge on any atom is -0.448 e. The Morgan fingerprint density at radius 3 is 2.69 bits per heavy atom. The monoisotopic (exact) mass is 185 g/mol. The number of aliphatic hydroxyl groups is 1. The Bertz CT molecular complexity index is 211. The van der Waals surface area contributed by atoms with Crippen molar-refractivity contribution in [1.82, 2.24) is 4.90 Å². The summed E-state index contributed by atoms with van der Waals surface area (Å²) in [4.78, 5) is 12.7. The largest absolute Gasteiger partial charge is 0.448 e. The number of hydrogen-bond donors (Lipinski definition) is 1. The van der Waals surface area contributed by atoms with E-state index in [1.807, 2.05) is 0 Å². The molecule has 1 heterocycles. The number of carbonyl (C=O) groups is 1. The van der Waals surface area contributed by atoms with E-state index in [2.05, 4.69) is 0 Å². The highest BCUT2D eigenvalue weighted by atomic mass is 16.6. The zero-order valence-electron chi connectivity index (χ0n) is 7.66. The quantitative estimate of drug-likeness (QED) is 0.690. The predicted molar refractivity (Wildman–Crippen MR) is 46.3 cm³/mol. The van der Waals surface area contributed by atoms with Crippen molar-refractivity contribution in [3.63, 3.8) is 0 Å². The molecule has 2 fully saturated rings. The standard InChI is InChI=1S/C9H15NO3/c11-8-10(5-6-13-8)7-9(12)3-1-2-4-9/h12H,1-7H2. The fourth-order valence-corrected chi connectivity index (χ4v) is 2.12. The van der Waals surface area contributed by atoms with E-state index in [4.69, 9.17) is 4.74 Å². The number of rotatable bonds is 2. The summed E-state index contributed by atoms with van der Waals surface area (Å²) in [6, 6.07) is 0. The second-order valence-electron chi connectivity index (χ2n) is 3.97. The molecule has 1 N–H and O–H groups in total. The van der Waals surface area contributed by atoms with Crippen molar-refractivity contribution in [1.29, 1.82) is 0 Å². The van der Waals surface area contributed by atoms with E-state index in [1.165, 1.54) is 0 Å². The number of cyclic esters (lactones) is 1. The molecule has 0 spiro atoms. The van der Waals surface area contributed by atoms with E-state index in [0.29, 0.717) is 19.7 Å². The Balaban J connectivity index is 1.92. The maximum absolute atomic E-state index is 11.1. The van der Waals surface area contributed by atoms with Crippen LogP contribution in [0.4, 0.5) is 4.79 Å². The summed E-state index contributed by atoms with van der Waals surface area (Å²) in [5.41, 5.74) is -0.636. The first-order valence-corrected chi connectivity index (χ1v) is 4.84. The third kappa shape index (κ3) is 1.77. The first-order chi connectivity index (χ1) is 6.20. The van der Waals surface area contributed by atoms with Crippen LogP contribution in [0.2, 0.25) is 0 Å². The number of amides is 1. The van der Waals surface area contributed by atoms with E-state index in [9.17, 15) is 9.90 Å². The predicted octanol–water partition coefficient (Wildman–Crippen LogP) is 0.744. The van der Waals surface area contributed by atoms with Gasteiger partial charge in [0, 0.05) is 0 Å². The lowest BCUT2D eigenvalue weighted by atomic mass is 10.0. The molecule has 1 saturated carbocycles. The molecular weight excluding hydrogens is 170 g/mol. The first kappa shape index (κ1) is 8.81. The van der Waals surface area contributed by atoms with E-state index in [1.54, 1.807) is 4.90 Å². The fraction of sp³-hybridized carbons (Fsp3) is 0.889. The lowest BCUT2D eigenvalue weighted by Crippen LogP contribution is -2.41. The highest BCUT2D eigenvalue weighted by Crippen LogP contribution is 2.30.